The van der Waals surface area contributed by atoms with Crippen molar-refractivity contribution in [2.75, 3.05) is 0 Å². The van der Waals surface area contributed by atoms with Gasteiger partial charge in [-0.2, -0.15) is 24.7 Å². The fraction of sp³-hybridized carbons (Fsp3) is 0. The number of hydrogen-bond acceptors (Lipinski definition) is 15. The summed E-state index contributed by atoms with van der Waals surface area (Å²) in [5.41, 5.74) is 1.23. The smallest absolute Gasteiger partial charge is 0.294 e. The van der Waals surface area contributed by atoms with Gasteiger partial charge in [-0.3, -0.25) is 4.55 Å². The molecule has 0 aliphatic rings. The first-order chi connectivity index (χ1) is 18.8. The summed E-state index contributed by atoms with van der Waals surface area (Å²) >= 11 is 0.754. The molecule has 0 amide bonds. The Bertz CT molecular complexity index is 1630. The first-order valence-electron chi connectivity index (χ1n) is 10.3. The second-order valence-corrected chi connectivity index (χ2v) is 10.1. The standard InChI is InChI=1S/C22H15N4O10S3.Y/c27-22-20-13(10-17(39(30,31)32)12-18(20)37-35-33-28)11-19(38-36-34-29)21(22)26-25-16-8-6-15(7-9-16)24-23-14-4-2-1-3-5-14;/h1-8,10-12,27-29H,(H,30,31,32);/q-1;. The molecule has 205 valence electrons. The number of nitrogens with zero attached hydrogens (tertiary/aromatic N) is 4. The van der Waals surface area contributed by atoms with Crippen LogP contribution in [-0.2, 0) is 61.6 Å². The first kappa shape index (κ1) is 32.1. The van der Waals surface area contributed by atoms with Crippen molar-refractivity contribution >= 4 is 67.7 Å². The van der Waals surface area contributed by atoms with E-state index >= 15 is 0 Å². The molecule has 0 heterocycles. The van der Waals surface area contributed by atoms with Crippen molar-refractivity contribution in [1.29, 1.82) is 0 Å². The van der Waals surface area contributed by atoms with E-state index in [-0.39, 0.29) is 64.6 Å². The third kappa shape index (κ3) is 8.32. The number of rotatable bonds is 11. The first-order valence-corrected chi connectivity index (χ1v) is 13.2. The molecule has 14 nitrogen and oxygen atoms in total. The molecule has 40 heavy (non-hydrogen) atoms. The molecule has 0 aliphatic heterocycles. The fourth-order valence-corrected chi connectivity index (χ4v) is 4.84. The Balaban J connectivity index is 0.00000441. The summed E-state index contributed by atoms with van der Waals surface area (Å²) in [6, 6.07) is 20.0. The van der Waals surface area contributed by atoms with Crippen molar-refractivity contribution in [2.45, 2.75) is 14.7 Å². The van der Waals surface area contributed by atoms with Gasteiger partial charge in [-0.1, -0.05) is 28.3 Å². The van der Waals surface area contributed by atoms with Gasteiger partial charge in [-0.05, 0) is 47.1 Å². The molecule has 4 rings (SSSR count). The summed E-state index contributed by atoms with van der Waals surface area (Å²) in [5.74, 6) is -0.528. The topological polar surface area (TPSA) is 201 Å². The summed E-state index contributed by atoms with van der Waals surface area (Å²) in [7, 11) is -4.68. The normalized spacial score (nSPS) is 11.9. The SMILES string of the molecule is O=S(=O)(O)c1cc(SOOO)c2c(O)c(N=Nc3[c-]cc(N=Nc4ccccc4)cc3)c(SOOO)cc2c1.[Y]. The van der Waals surface area contributed by atoms with E-state index in [9.17, 15) is 18.1 Å². The molecule has 18 heteroatoms. The van der Waals surface area contributed by atoms with Crippen LogP contribution in [0.2, 0.25) is 0 Å². The number of fused-ring (bicyclic) bond motifs is 1. The van der Waals surface area contributed by atoms with E-state index in [1.165, 1.54) is 12.1 Å². The molecule has 0 saturated carbocycles. The van der Waals surface area contributed by atoms with Crippen LogP contribution >= 0.6 is 24.1 Å². The van der Waals surface area contributed by atoms with Gasteiger partial charge < -0.3 is 5.11 Å². The van der Waals surface area contributed by atoms with Crippen molar-refractivity contribution in [1.82, 2.24) is 0 Å². The summed E-state index contributed by atoms with van der Waals surface area (Å²) in [5, 5.41) is 51.7. The van der Waals surface area contributed by atoms with E-state index < -0.39 is 20.8 Å². The Labute approximate surface area is 259 Å². The number of azo groups is 2. The van der Waals surface area contributed by atoms with Crippen molar-refractivity contribution in [3.8, 4) is 5.75 Å². The van der Waals surface area contributed by atoms with Gasteiger partial charge in [0.15, 0.2) is 5.75 Å². The van der Waals surface area contributed by atoms with Crippen LogP contribution < -0.4 is 0 Å². The van der Waals surface area contributed by atoms with E-state index in [0.717, 1.165) is 12.1 Å². The summed E-state index contributed by atoms with van der Waals surface area (Å²) in [6.45, 7) is 0. The minimum Gasteiger partial charge on any atom is -0.505 e. The van der Waals surface area contributed by atoms with Gasteiger partial charge >= 0.3 is 0 Å². The zero-order valence-electron chi connectivity index (χ0n) is 19.7. The van der Waals surface area contributed by atoms with Gasteiger partial charge in [0.05, 0.1) is 44.5 Å². The van der Waals surface area contributed by atoms with Crippen LogP contribution in [0.15, 0.2) is 102 Å². The Kier molecular flexibility index (Phi) is 12.1. The van der Waals surface area contributed by atoms with Crippen LogP contribution in [-0.4, -0.2) is 28.6 Å². The van der Waals surface area contributed by atoms with Crippen molar-refractivity contribution in [3.63, 3.8) is 0 Å². The van der Waals surface area contributed by atoms with Crippen molar-refractivity contribution in [3.05, 3.63) is 72.8 Å². The van der Waals surface area contributed by atoms with Gasteiger partial charge in [0.1, 0.15) is 5.69 Å². The average molecular weight is 680 g/mol. The average Bonchev–Trinajstić information content (AvgIpc) is 2.93. The summed E-state index contributed by atoms with van der Waals surface area (Å²) in [4.78, 5) is -0.616. The molecule has 1 radical (unpaired) electrons. The maximum Gasteiger partial charge on any atom is 0.294 e. The molecular weight excluding hydrogens is 665 g/mol. The third-order valence-electron chi connectivity index (χ3n) is 4.77. The monoisotopic (exact) mass is 680 g/mol. The van der Waals surface area contributed by atoms with E-state index in [1.54, 1.807) is 24.3 Å². The number of benzene rings is 4. The van der Waals surface area contributed by atoms with E-state index in [0.29, 0.717) is 35.5 Å². The Morgan fingerprint density at radius 2 is 1.48 bits per heavy atom. The van der Waals surface area contributed by atoms with Crippen LogP contribution in [0.3, 0.4) is 0 Å². The van der Waals surface area contributed by atoms with Crippen LogP contribution in [0.5, 0.6) is 5.75 Å². The molecule has 0 saturated heterocycles. The van der Waals surface area contributed by atoms with Gasteiger partial charge in [-0.25, -0.2) is 15.6 Å². The quantitative estimate of drug-likeness (QED) is 0.0308. The molecule has 0 atom stereocenters. The third-order valence-corrected chi connectivity index (χ3v) is 6.85. The molecule has 0 aliphatic carbocycles. The van der Waals surface area contributed by atoms with Crippen LogP contribution in [0.4, 0.5) is 22.7 Å². The van der Waals surface area contributed by atoms with Crippen molar-refractivity contribution < 1.29 is 80.0 Å². The van der Waals surface area contributed by atoms with E-state index in [2.05, 4.69) is 45.3 Å². The van der Waals surface area contributed by atoms with E-state index in [1.807, 2.05) is 18.2 Å². The Morgan fingerprint density at radius 1 is 0.800 bits per heavy atom. The maximum absolute atomic E-state index is 11.7. The Hall–Kier alpha value is -2.39. The minimum absolute atomic E-state index is 0. The number of hydrogen-bond donors (Lipinski definition) is 4. The van der Waals surface area contributed by atoms with Gasteiger partial charge in [0, 0.05) is 38.1 Å². The number of phenols is 1. The molecule has 0 spiro atoms. The zero-order valence-corrected chi connectivity index (χ0v) is 25.0. The number of phenolic OH excluding ortho intramolecular Hbond substituents is 1. The second kappa shape index (κ2) is 15.0. The summed E-state index contributed by atoms with van der Waals surface area (Å²) < 4.78 is 41.8. The van der Waals surface area contributed by atoms with Crippen LogP contribution in [0.25, 0.3) is 10.8 Å². The molecular formula is C22H15N4O10S3Y-. The predicted octanol–water partition coefficient (Wildman–Crippen LogP) is 7.28. The summed E-state index contributed by atoms with van der Waals surface area (Å²) in [6.07, 6.45) is 0. The van der Waals surface area contributed by atoms with Gasteiger partial charge in [-0.15, -0.1) is 32.0 Å². The predicted molar refractivity (Wildman–Crippen MR) is 137 cm³/mol. The second-order valence-electron chi connectivity index (χ2n) is 7.19. The molecule has 4 aromatic carbocycles. The van der Waals surface area contributed by atoms with E-state index in [4.69, 9.17) is 10.5 Å². The number of aromatic hydroxyl groups is 1. The molecule has 4 aromatic rings. The molecule has 0 unspecified atom stereocenters. The van der Waals surface area contributed by atoms with Crippen molar-refractivity contribution in [2.24, 2.45) is 20.5 Å². The molecule has 0 bridgehead atoms. The molecule has 4 N–H and O–H groups in total. The maximum atomic E-state index is 11.7. The largest absolute Gasteiger partial charge is 0.505 e. The Morgan fingerprint density at radius 3 is 2.10 bits per heavy atom. The molecule has 0 fully saturated rings. The molecule has 0 aromatic heterocycles. The van der Waals surface area contributed by atoms with Gasteiger partial charge in [0.2, 0.25) is 0 Å². The minimum atomic E-state index is -4.68. The fourth-order valence-electron chi connectivity index (χ4n) is 3.15. The zero-order chi connectivity index (χ0) is 27.8. The van der Waals surface area contributed by atoms with Gasteiger partial charge in [0.25, 0.3) is 10.1 Å². The van der Waals surface area contributed by atoms with Crippen LogP contribution in [0.1, 0.15) is 0 Å². The van der Waals surface area contributed by atoms with Crippen LogP contribution in [0, 0.1) is 6.07 Å².